The van der Waals surface area contributed by atoms with Crippen LogP contribution in [0.5, 0.6) is 11.5 Å². The Morgan fingerprint density at radius 1 is 1.26 bits per heavy atom. The molecule has 8 nitrogen and oxygen atoms in total. The van der Waals surface area contributed by atoms with Gasteiger partial charge in [0.1, 0.15) is 6.61 Å². The minimum atomic E-state index is -0.823. The Balaban J connectivity index is 1.73. The first kappa shape index (κ1) is 18.4. The minimum absolute atomic E-state index is 0.0248. The Morgan fingerprint density at radius 2 is 2.04 bits per heavy atom. The maximum atomic E-state index is 12.4. The highest BCUT2D eigenvalue weighted by atomic mass is 16.6. The molecular formula is C19H19N3O5. The first-order chi connectivity index (χ1) is 13.1. The number of non-ortho nitro benzene ring substituents is 1. The molecule has 2 aromatic rings. The Bertz CT molecular complexity index is 881. The summed E-state index contributed by atoms with van der Waals surface area (Å²) in [7, 11) is 0. The van der Waals surface area contributed by atoms with Gasteiger partial charge in [-0.1, -0.05) is 37.6 Å². The first-order valence-corrected chi connectivity index (χ1v) is 8.58. The van der Waals surface area contributed by atoms with Gasteiger partial charge in [0.15, 0.2) is 11.5 Å². The maximum Gasteiger partial charge on any atom is 0.284 e. The number of nitro benzene ring substituents is 1. The maximum absolute atomic E-state index is 12.4. The van der Waals surface area contributed by atoms with Gasteiger partial charge in [-0.05, 0) is 18.6 Å². The van der Waals surface area contributed by atoms with Crippen LogP contribution in [-0.4, -0.2) is 29.3 Å². The van der Waals surface area contributed by atoms with E-state index in [4.69, 9.17) is 9.47 Å². The highest BCUT2D eigenvalue weighted by Gasteiger charge is 2.27. The van der Waals surface area contributed by atoms with Crippen molar-refractivity contribution in [3.63, 3.8) is 0 Å². The number of nitrogens with zero attached hydrogens (tertiary/aromatic N) is 2. The molecule has 1 atom stereocenters. The zero-order valence-electron chi connectivity index (χ0n) is 14.8. The van der Waals surface area contributed by atoms with E-state index in [2.05, 4.69) is 10.5 Å². The second-order valence-electron chi connectivity index (χ2n) is 5.96. The van der Waals surface area contributed by atoms with E-state index in [-0.39, 0.29) is 12.3 Å². The molecule has 2 aromatic carbocycles. The summed E-state index contributed by atoms with van der Waals surface area (Å²) in [5.74, 6) is 0.650. The molecule has 8 heteroatoms. The summed E-state index contributed by atoms with van der Waals surface area (Å²) in [6, 6.07) is 13.3. The highest BCUT2D eigenvalue weighted by molar-refractivity contribution is 6.01. The monoisotopic (exact) mass is 369 g/mol. The van der Waals surface area contributed by atoms with E-state index in [1.807, 2.05) is 13.0 Å². The molecule has 27 heavy (non-hydrogen) atoms. The summed E-state index contributed by atoms with van der Waals surface area (Å²) in [6.07, 6.45) is 0.511. The first-order valence-electron chi connectivity index (χ1n) is 8.58. The van der Waals surface area contributed by atoms with E-state index < -0.39 is 16.9 Å². The topological polar surface area (TPSA) is 103 Å². The average Bonchev–Trinajstić information content (AvgIpc) is 2.70. The lowest BCUT2D eigenvalue weighted by molar-refractivity contribution is -0.384. The summed E-state index contributed by atoms with van der Waals surface area (Å²) in [6.45, 7) is 2.04. The fourth-order valence-corrected chi connectivity index (χ4v) is 2.64. The van der Waals surface area contributed by atoms with E-state index in [0.29, 0.717) is 29.2 Å². The van der Waals surface area contributed by atoms with Crippen LogP contribution in [0.1, 0.15) is 25.3 Å². The number of ether oxygens (including phenoxy) is 2. The van der Waals surface area contributed by atoms with Gasteiger partial charge in [-0.3, -0.25) is 14.9 Å². The summed E-state index contributed by atoms with van der Waals surface area (Å²) in [4.78, 5) is 22.9. The molecule has 0 aromatic heterocycles. The van der Waals surface area contributed by atoms with Crippen LogP contribution in [0.15, 0.2) is 53.6 Å². The van der Waals surface area contributed by atoms with Crippen molar-refractivity contribution in [3.8, 4) is 11.5 Å². The van der Waals surface area contributed by atoms with Crippen molar-refractivity contribution in [2.75, 3.05) is 6.61 Å². The Morgan fingerprint density at radius 3 is 2.78 bits per heavy atom. The third kappa shape index (κ3) is 4.41. The van der Waals surface area contributed by atoms with Crippen molar-refractivity contribution >= 4 is 17.3 Å². The number of amides is 1. The smallest absolute Gasteiger partial charge is 0.284 e. The zero-order chi connectivity index (χ0) is 19.2. The molecule has 0 fully saturated rings. The number of hydrogen-bond donors (Lipinski definition) is 1. The molecule has 1 amide bonds. The quantitative estimate of drug-likeness (QED) is 0.479. The number of nitrogens with one attached hydrogen (secondary N) is 1. The standard InChI is InChI=1S/C19H19N3O5/c1-2-6-15(13-7-5-8-14(11-13)22(24)25)20-21-19(23)18-12-26-16-9-3-4-10-17(16)27-18/h3-5,7-11,18H,2,6,12H2,1H3,(H,21,23)/b20-15-/t18-/m0/s1. The number of rotatable bonds is 6. The number of para-hydroxylation sites is 2. The molecule has 1 aliphatic heterocycles. The molecule has 140 valence electrons. The van der Waals surface area contributed by atoms with Crippen LogP contribution >= 0.6 is 0 Å². The van der Waals surface area contributed by atoms with Crippen molar-refractivity contribution in [2.24, 2.45) is 5.10 Å². The van der Waals surface area contributed by atoms with Crippen LogP contribution in [-0.2, 0) is 4.79 Å². The van der Waals surface area contributed by atoms with Crippen LogP contribution in [0.3, 0.4) is 0 Å². The van der Waals surface area contributed by atoms with Gasteiger partial charge >= 0.3 is 0 Å². The largest absolute Gasteiger partial charge is 0.485 e. The van der Waals surface area contributed by atoms with Crippen molar-refractivity contribution in [2.45, 2.75) is 25.9 Å². The molecule has 0 aliphatic carbocycles. The van der Waals surface area contributed by atoms with Crippen molar-refractivity contribution < 1.29 is 19.2 Å². The number of carbonyl (C=O) groups excluding carboxylic acids is 1. The van der Waals surface area contributed by atoms with Crippen LogP contribution in [0, 0.1) is 10.1 Å². The summed E-state index contributed by atoms with van der Waals surface area (Å²) < 4.78 is 11.2. The predicted octanol–water partition coefficient (Wildman–Crippen LogP) is 3.06. The van der Waals surface area contributed by atoms with Gasteiger partial charge < -0.3 is 9.47 Å². The van der Waals surface area contributed by atoms with E-state index >= 15 is 0 Å². The molecule has 0 bridgehead atoms. The van der Waals surface area contributed by atoms with Gasteiger partial charge in [0.2, 0.25) is 6.10 Å². The molecular weight excluding hydrogens is 350 g/mol. The lowest BCUT2D eigenvalue weighted by atomic mass is 10.1. The highest BCUT2D eigenvalue weighted by Crippen LogP contribution is 2.30. The lowest BCUT2D eigenvalue weighted by Crippen LogP contribution is -2.42. The number of benzene rings is 2. The Hall–Kier alpha value is -3.42. The molecule has 1 N–H and O–H groups in total. The molecule has 0 spiro atoms. The van der Waals surface area contributed by atoms with Gasteiger partial charge in [0, 0.05) is 17.7 Å². The Kier molecular flexibility index (Phi) is 5.65. The predicted molar refractivity (Wildman–Crippen MR) is 99.0 cm³/mol. The van der Waals surface area contributed by atoms with Gasteiger partial charge in [-0.15, -0.1) is 0 Å². The number of hydrazone groups is 1. The normalized spacial score (nSPS) is 15.9. The van der Waals surface area contributed by atoms with E-state index in [9.17, 15) is 14.9 Å². The number of hydrogen-bond acceptors (Lipinski definition) is 6. The summed E-state index contributed by atoms with van der Waals surface area (Å²) >= 11 is 0. The lowest BCUT2D eigenvalue weighted by Gasteiger charge is -2.24. The number of fused-ring (bicyclic) bond motifs is 1. The molecule has 1 aliphatic rings. The average molecular weight is 369 g/mol. The van der Waals surface area contributed by atoms with E-state index in [0.717, 1.165) is 6.42 Å². The fraction of sp³-hybridized carbons (Fsp3) is 0.263. The Labute approximate surface area is 155 Å². The van der Waals surface area contributed by atoms with Crippen molar-refractivity contribution in [1.82, 2.24) is 5.43 Å². The van der Waals surface area contributed by atoms with Crippen LogP contribution < -0.4 is 14.9 Å². The van der Waals surface area contributed by atoms with Crippen LogP contribution in [0.2, 0.25) is 0 Å². The molecule has 3 rings (SSSR count). The number of nitro groups is 1. The molecule has 0 saturated carbocycles. The second kappa shape index (κ2) is 8.31. The van der Waals surface area contributed by atoms with Crippen LogP contribution in [0.25, 0.3) is 0 Å². The molecule has 0 radical (unpaired) electrons. The third-order valence-corrected chi connectivity index (χ3v) is 3.98. The summed E-state index contributed by atoms with van der Waals surface area (Å²) in [5, 5.41) is 15.1. The van der Waals surface area contributed by atoms with Crippen LogP contribution in [0.4, 0.5) is 5.69 Å². The van der Waals surface area contributed by atoms with Gasteiger partial charge in [-0.25, -0.2) is 5.43 Å². The third-order valence-electron chi connectivity index (χ3n) is 3.98. The molecule has 0 saturated heterocycles. The van der Waals surface area contributed by atoms with E-state index in [1.54, 1.807) is 30.3 Å². The summed E-state index contributed by atoms with van der Waals surface area (Å²) in [5.41, 5.74) is 3.62. The second-order valence-corrected chi connectivity index (χ2v) is 5.96. The van der Waals surface area contributed by atoms with Crippen molar-refractivity contribution in [1.29, 1.82) is 0 Å². The van der Waals surface area contributed by atoms with Crippen molar-refractivity contribution in [3.05, 3.63) is 64.2 Å². The molecule has 0 unspecified atom stereocenters. The number of carbonyl (C=O) groups is 1. The molecule has 1 heterocycles. The zero-order valence-corrected chi connectivity index (χ0v) is 14.8. The van der Waals surface area contributed by atoms with Gasteiger partial charge in [0.05, 0.1) is 10.6 Å². The van der Waals surface area contributed by atoms with E-state index in [1.165, 1.54) is 12.1 Å². The minimum Gasteiger partial charge on any atom is -0.485 e. The SMILES string of the molecule is CCC/C(=N/NC(=O)[C@@H]1COc2ccccc2O1)c1cccc([N+](=O)[O-])c1. The van der Waals surface area contributed by atoms with Gasteiger partial charge in [0.25, 0.3) is 11.6 Å². The fourth-order valence-electron chi connectivity index (χ4n) is 2.64. The van der Waals surface area contributed by atoms with Gasteiger partial charge in [-0.2, -0.15) is 5.10 Å².